The highest BCUT2D eigenvalue weighted by molar-refractivity contribution is 8.79. The molecule has 2 nitrogen and oxygen atoms in total. The van der Waals surface area contributed by atoms with E-state index in [0.29, 0.717) is 4.91 Å². The zero-order chi connectivity index (χ0) is 7.40. The minimum atomic E-state index is 0.0559. The van der Waals surface area contributed by atoms with Crippen LogP contribution in [0.15, 0.2) is 22.0 Å². The van der Waals surface area contributed by atoms with Gasteiger partial charge in [-0.25, -0.2) is 0 Å². The first kappa shape index (κ1) is 7.91. The van der Waals surface area contributed by atoms with Gasteiger partial charge in [0.05, 0.1) is 11.5 Å². The maximum absolute atomic E-state index is 10.2. The number of rotatable bonds is 2. The van der Waals surface area contributed by atoms with Crippen molar-refractivity contribution in [3.05, 3.63) is 22.0 Å². The molecule has 0 aromatic carbocycles. The molecule has 0 aromatic rings. The average molecular weight is 174 g/mol. The molecule has 0 bridgehead atoms. The van der Waals surface area contributed by atoms with Gasteiger partial charge >= 0.3 is 0 Å². The Balaban J connectivity index is 2.64. The molecule has 10 heavy (non-hydrogen) atoms. The Morgan fingerprint density at radius 3 is 2.70 bits per heavy atom. The number of carbonyl (C=O) groups is 1. The molecule has 1 heterocycles. The number of aliphatic hydroxyl groups excluding tert-OH is 1. The summed E-state index contributed by atoms with van der Waals surface area (Å²) in [5.41, 5.74) is 0. The third kappa shape index (κ3) is 1.90. The van der Waals surface area contributed by atoms with Crippen molar-refractivity contribution in [3.63, 3.8) is 0 Å². The molecule has 1 aliphatic rings. The minimum Gasteiger partial charge on any atom is -0.391 e. The number of hydrogen-bond donors (Lipinski definition) is 1. The summed E-state index contributed by atoms with van der Waals surface area (Å²) >= 11 is 0. The SMILES string of the molecule is O=CC1=CC=C(CO)SS1. The lowest BCUT2D eigenvalue weighted by Crippen LogP contribution is -1.87. The van der Waals surface area contributed by atoms with E-state index < -0.39 is 0 Å². The van der Waals surface area contributed by atoms with Gasteiger partial charge in [-0.15, -0.1) is 0 Å². The molecular formula is C6H6O2S2. The Bertz CT molecular complexity index is 196. The van der Waals surface area contributed by atoms with Gasteiger partial charge in [0, 0.05) is 4.91 Å². The lowest BCUT2D eigenvalue weighted by molar-refractivity contribution is -0.104. The Morgan fingerprint density at radius 2 is 2.30 bits per heavy atom. The maximum Gasteiger partial charge on any atom is 0.157 e. The van der Waals surface area contributed by atoms with Crippen molar-refractivity contribution < 1.29 is 9.90 Å². The van der Waals surface area contributed by atoms with Crippen molar-refractivity contribution in [1.29, 1.82) is 0 Å². The minimum absolute atomic E-state index is 0.0559. The fourth-order valence-electron chi connectivity index (χ4n) is 0.470. The number of aldehydes is 1. The predicted octanol–water partition coefficient (Wildman–Crippen LogP) is 1.34. The van der Waals surface area contributed by atoms with E-state index in [1.165, 1.54) is 21.6 Å². The van der Waals surface area contributed by atoms with Gasteiger partial charge in [0.1, 0.15) is 0 Å². The Labute approximate surface area is 66.8 Å². The van der Waals surface area contributed by atoms with Crippen molar-refractivity contribution in [3.8, 4) is 0 Å². The zero-order valence-corrected chi connectivity index (χ0v) is 6.74. The molecule has 0 atom stereocenters. The fourth-order valence-corrected chi connectivity index (χ4v) is 2.23. The van der Waals surface area contributed by atoms with E-state index in [9.17, 15) is 4.79 Å². The van der Waals surface area contributed by atoms with Crippen LogP contribution in [-0.2, 0) is 4.79 Å². The first-order valence-electron chi connectivity index (χ1n) is 2.68. The maximum atomic E-state index is 10.2. The Kier molecular flexibility index (Phi) is 3.05. The summed E-state index contributed by atoms with van der Waals surface area (Å²) in [5, 5.41) is 8.63. The topological polar surface area (TPSA) is 37.3 Å². The molecule has 0 unspecified atom stereocenters. The number of allylic oxidation sites excluding steroid dienone is 3. The fraction of sp³-hybridized carbons (Fsp3) is 0.167. The second kappa shape index (κ2) is 3.85. The summed E-state index contributed by atoms with van der Waals surface area (Å²) in [6, 6.07) is 0. The van der Waals surface area contributed by atoms with E-state index in [4.69, 9.17) is 5.11 Å². The van der Waals surface area contributed by atoms with Crippen molar-refractivity contribution in [2.24, 2.45) is 0 Å². The van der Waals surface area contributed by atoms with Crippen molar-refractivity contribution in [1.82, 2.24) is 0 Å². The Morgan fingerprint density at radius 1 is 1.50 bits per heavy atom. The first-order valence-corrected chi connectivity index (χ1v) is 4.83. The number of carbonyl (C=O) groups excluding carboxylic acids is 1. The van der Waals surface area contributed by atoms with Crippen molar-refractivity contribution in [2.75, 3.05) is 6.61 Å². The summed E-state index contributed by atoms with van der Waals surface area (Å²) < 4.78 is 0. The predicted molar refractivity (Wildman–Crippen MR) is 44.5 cm³/mol. The molecule has 1 rings (SSSR count). The molecule has 1 N–H and O–H groups in total. The van der Waals surface area contributed by atoms with Crippen LogP contribution in [0.25, 0.3) is 0 Å². The van der Waals surface area contributed by atoms with Crippen LogP contribution in [0, 0.1) is 0 Å². The van der Waals surface area contributed by atoms with Crippen molar-refractivity contribution >= 4 is 27.9 Å². The van der Waals surface area contributed by atoms with Gasteiger partial charge in [-0.3, -0.25) is 4.79 Å². The summed E-state index contributed by atoms with van der Waals surface area (Å²) in [5.74, 6) is 0. The third-order valence-electron chi connectivity index (χ3n) is 0.950. The molecule has 0 saturated heterocycles. The van der Waals surface area contributed by atoms with Gasteiger partial charge in [0.25, 0.3) is 0 Å². The van der Waals surface area contributed by atoms with E-state index in [1.54, 1.807) is 12.2 Å². The molecule has 0 radical (unpaired) electrons. The molecule has 0 aromatic heterocycles. The van der Waals surface area contributed by atoms with Crippen LogP contribution in [-0.4, -0.2) is 18.0 Å². The average Bonchev–Trinajstić information content (AvgIpc) is 2.05. The second-order valence-electron chi connectivity index (χ2n) is 1.64. The molecule has 0 aliphatic carbocycles. The summed E-state index contributed by atoms with van der Waals surface area (Å²) in [6.45, 7) is 0.0559. The standard InChI is InChI=1S/C6H6O2S2/c7-3-5-1-2-6(4-8)10-9-5/h1-3,8H,4H2. The van der Waals surface area contributed by atoms with E-state index in [1.807, 2.05) is 0 Å². The molecule has 1 aliphatic heterocycles. The van der Waals surface area contributed by atoms with Crippen LogP contribution < -0.4 is 0 Å². The normalized spacial score (nSPS) is 17.7. The lowest BCUT2D eigenvalue weighted by atomic mass is 10.4. The van der Waals surface area contributed by atoms with Crippen LogP contribution in [0.3, 0.4) is 0 Å². The quantitative estimate of drug-likeness (QED) is 0.506. The highest BCUT2D eigenvalue weighted by Crippen LogP contribution is 2.38. The van der Waals surface area contributed by atoms with E-state index >= 15 is 0 Å². The van der Waals surface area contributed by atoms with Crippen LogP contribution >= 0.6 is 21.6 Å². The lowest BCUT2D eigenvalue weighted by Gasteiger charge is -2.05. The highest BCUT2D eigenvalue weighted by Gasteiger charge is 2.04. The van der Waals surface area contributed by atoms with Crippen LogP contribution in [0.1, 0.15) is 0 Å². The first-order chi connectivity index (χ1) is 4.86. The van der Waals surface area contributed by atoms with Crippen LogP contribution in [0.4, 0.5) is 0 Å². The largest absolute Gasteiger partial charge is 0.391 e. The van der Waals surface area contributed by atoms with Gasteiger partial charge in [-0.05, 0) is 22.9 Å². The van der Waals surface area contributed by atoms with Gasteiger partial charge in [0.15, 0.2) is 6.29 Å². The van der Waals surface area contributed by atoms with Gasteiger partial charge in [-0.2, -0.15) is 0 Å². The molecular weight excluding hydrogens is 168 g/mol. The number of hydrogen-bond acceptors (Lipinski definition) is 4. The van der Waals surface area contributed by atoms with Gasteiger partial charge in [-0.1, -0.05) is 10.8 Å². The van der Waals surface area contributed by atoms with Crippen molar-refractivity contribution in [2.45, 2.75) is 0 Å². The third-order valence-corrected chi connectivity index (χ3v) is 3.41. The monoisotopic (exact) mass is 174 g/mol. The van der Waals surface area contributed by atoms with Crippen LogP contribution in [0.2, 0.25) is 0 Å². The van der Waals surface area contributed by atoms with E-state index in [-0.39, 0.29) is 6.61 Å². The molecule has 0 saturated carbocycles. The Hall–Kier alpha value is -0.190. The molecule has 0 spiro atoms. The molecule has 4 heteroatoms. The summed E-state index contributed by atoms with van der Waals surface area (Å²) in [4.78, 5) is 11.7. The molecule has 0 amide bonds. The summed E-state index contributed by atoms with van der Waals surface area (Å²) in [7, 11) is 2.80. The molecule has 0 fully saturated rings. The zero-order valence-electron chi connectivity index (χ0n) is 5.11. The summed E-state index contributed by atoms with van der Waals surface area (Å²) in [6.07, 6.45) is 4.27. The van der Waals surface area contributed by atoms with E-state index in [0.717, 1.165) is 11.2 Å². The molecule has 54 valence electrons. The number of aliphatic hydroxyl groups is 1. The van der Waals surface area contributed by atoms with Gasteiger partial charge < -0.3 is 5.11 Å². The smallest absolute Gasteiger partial charge is 0.157 e. The second-order valence-corrected chi connectivity index (χ2v) is 3.97. The van der Waals surface area contributed by atoms with Crippen LogP contribution in [0.5, 0.6) is 0 Å². The van der Waals surface area contributed by atoms with E-state index in [2.05, 4.69) is 0 Å². The highest BCUT2D eigenvalue weighted by atomic mass is 33.1. The van der Waals surface area contributed by atoms with Gasteiger partial charge in [0.2, 0.25) is 0 Å².